The van der Waals surface area contributed by atoms with Crippen molar-refractivity contribution < 1.29 is 29.0 Å². The molecule has 0 radical (unpaired) electrons. The summed E-state index contributed by atoms with van der Waals surface area (Å²) in [4.78, 5) is 38.9. The van der Waals surface area contributed by atoms with Crippen LogP contribution in [0.15, 0.2) is 48.5 Å². The van der Waals surface area contributed by atoms with Gasteiger partial charge in [-0.3, -0.25) is 9.59 Å². The number of benzene rings is 2. The van der Waals surface area contributed by atoms with Crippen molar-refractivity contribution in [2.45, 2.75) is 50.6 Å². The lowest BCUT2D eigenvalue weighted by Crippen LogP contribution is -2.56. The predicted octanol–water partition coefficient (Wildman–Crippen LogP) is 3.79. The topological polar surface area (TPSA) is 105 Å². The zero-order valence-corrected chi connectivity index (χ0v) is 19.9. The molecule has 4 rings (SSSR count). The second kappa shape index (κ2) is 11.4. The van der Waals surface area contributed by atoms with E-state index in [2.05, 4.69) is 29.6 Å². The third kappa shape index (κ3) is 5.65. The third-order valence-electron chi connectivity index (χ3n) is 6.70. The second-order valence-corrected chi connectivity index (χ2v) is 9.02. The largest absolute Gasteiger partial charge is 0.481 e. The van der Waals surface area contributed by atoms with Crippen molar-refractivity contribution in [3.63, 3.8) is 0 Å². The van der Waals surface area contributed by atoms with E-state index in [9.17, 15) is 19.5 Å². The summed E-state index contributed by atoms with van der Waals surface area (Å²) in [5.74, 6) is -1.36. The van der Waals surface area contributed by atoms with Crippen LogP contribution in [0.3, 0.4) is 0 Å². The van der Waals surface area contributed by atoms with E-state index in [0.717, 1.165) is 35.1 Å². The van der Waals surface area contributed by atoms with Crippen molar-refractivity contribution in [2.75, 3.05) is 26.4 Å². The van der Waals surface area contributed by atoms with E-state index in [1.807, 2.05) is 31.2 Å². The van der Waals surface area contributed by atoms with Crippen molar-refractivity contribution in [2.24, 2.45) is 0 Å². The van der Waals surface area contributed by atoms with E-state index >= 15 is 0 Å². The highest BCUT2D eigenvalue weighted by Crippen LogP contribution is 2.44. The average Bonchev–Trinajstić information content (AvgIpc) is 3.18. The van der Waals surface area contributed by atoms with Crippen LogP contribution < -0.4 is 5.32 Å². The van der Waals surface area contributed by atoms with Gasteiger partial charge in [0.05, 0.1) is 25.7 Å². The van der Waals surface area contributed by atoms with Gasteiger partial charge in [-0.1, -0.05) is 68.3 Å². The number of aliphatic carboxylic acids is 1. The van der Waals surface area contributed by atoms with Gasteiger partial charge in [-0.05, 0) is 28.7 Å². The Balaban J connectivity index is 1.43. The molecule has 0 aromatic heterocycles. The fourth-order valence-electron chi connectivity index (χ4n) is 4.96. The number of carboxylic acid groups (broad SMARTS) is 1. The highest BCUT2D eigenvalue weighted by Gasteiger charge is 2.34. The van der Waals surface area contributed by atoms with Gasteiger partial charge in [0, 0.05) is 12.5 Å². The molecule has 8 heteroatoms. The number of hydrogen-bond donors (Lipinski definition) is 2. The minimum Gasteiger partial charge on any atom is -0.481 e. The van der Waals surface area contributed by atoms with Crippen molar-refractivity contribution in [3.8, 4) is 11.1 Å². The molecule has 1 fully saturated rings. The molecular weight excluding hydrogens is 448 g/mol. The number of nitrogens with one attached hydrogen (secondary N) is 1. The summed E-state index contributed by atoms with van der Waals surface area (Å²) in [5, 5.41) is 12.0. The van der Waals surface area contributed by atoms with Gasteiger partial charge in [-0.2, -0.15) is 0 Å². The number of rotatable bonds is 9. The molecule has 2 aliphatic rings. The quantitative estimate of drug-likeness (QED) is 0.566. The normalized spacial score (nSPS) is 17.9. The maximum Gasteiger partial charge on any atom is 0.407 e. The Hall–Kier alpha value is -3.39. The van der Waals surface area contributed by atoms with Crippen molar-refractivity contribution in [1.82, 2.24) is 10.2 Å². The highest BCUT2D eigenvalue weighted by molar-refractivity contribution is 5.86. The number of hydrogen-bond acceptors (Lipinski definition) is 5. The van der Waals surface area contributed by atoms with Crippen LogP contribution in [0.2, 0.25) is 0 Å². The Morgan fingerprint density at radius 3 is 2.40 bits per heavy atom. The molecular formula is C27H32N2O6. The lowest BCUT2D eigenvalue weighted by molar-refractivity contribution is -0.147. The molecule has 1 aliphatic heterocycles. The van der Waals surface area contributed by atoms with Gasteiger partial charge in [-0.25, -0.2) is 4.79 Å². The van der Waals surface area contributed by atoms with Gasteiger partial charge in [0.2, 0.25) is 5.91 Å². The van der Waals surface area contributed by atoms with E-state index < -0.39 is 24.1 Å². The summed E-state index contributed by atoms with van der Waals surface area (Å²) in [5.41, 5.74) is 4.52. The number of amides is 2. The first-order valence-corrected chi connectivity index (χ1v) is 12.2. The summed E-state index contributed by atoms with van der Waals surface area (Å²) in [6, 6.07) is 14.9. The van der Waals surface area contributed by atoms with Crippen molar-refractivity contribution in [1.29, 1.82) is 0 Å². The molecule has 2 atom stereocenters. The summed E-state index contributed by atoms with van der Waals surface area (Å²) < 4.78 is 11.0. The Bertz CT molecular complexity index is 1030. The maximum atomic E-state index is 13.3. The summed E-state index contributed by atoms with van der Waals surface area (Å²) in [7, 11) is 0. The SMILES string of the molecule is CCCC[C@H](NC(=O)OCC1c2ccccc2-c2ccccc21)C(=O)N1CCOCC1CC(=O)O. The molecule has 35 heavy (non-hydrogen) atoms. The Morgan fingerprint density at radius 2 is 1.77 bits per heavy atom. The molecule has 8 nitrogen and oxygen atoms in total. The number of unbranched alkanes of at least 4 members (excludes halogenated alkanes) is 1. The summed E-state index contributed by atoms with van der Waals surface area (Å²) in [6.45, 7) is 2.98. The van der Waals surface area contributed by atoms with Gasteiger partial charge in [0.25, 0.3) is 0 Å². The lowest BCUT2D eigenvalue weighted by atomic mass is 9.98. The minimum atomic E-state index is -0.993. The monoisotopic (exact) mass is 480 g/mol. The molecule has 2 aromatic carbocycles. The number of nitrogens with zero attached hydrogens (tertiary/aromatic N) is 1. The van der Waals surface area contributed by atoms with Crippen LogP contribution in [0.5, 0.6) is 0 Å². The number of carbonyl (C=O) groups excluding carboxylic acids is 2. The summed E-state index contributed by atoms with van der Waals surface area (Å²) >= 11 is 0. The standard InChI is InChI=1S/C27H32N2O6/c1-2-3-12-24(26(32)29-13-14-34-16-18(29)15-25(30)31)28-27(33)35-17-23-21-10-6-4-8-19(21)20-9-5-7-11-22(20)23/h4-11,18,23-24H,2-3,12-17H2,1H3,(H,28,33)(H,30,31)/t18?,24-/m0/s1. The number of alkyl carbamates (subject to hydrolysis) is 1. The first-order valence-electron chi connectivity index (χ1n) is 12.2. The first kappa shape index (κ1) is 24.7. The van der Waals surface area contributed by atoms with E-state index in [1.165, 1.54) is 4.90 Å². The number of carboxylic acids is 1. The van der Waals surface area contributed by atoms with Gasteiger partial charge >= 0.3 is 12.1 Å². The molecule has 2 amide bonds. The predicted molar refractivity (Wildman–Crippen MR) is 130 cm³/mol. The van der Waals surface area contributed by atoms with Crippen LogP contribution in [0.25, 0.3) is 11.1 Å². The molecule has 1 saturated heterocycles. The molecule has 1 heterocycles. The molecule has 0 bridgehead atoms. The van der Waals surface area contributed by atoms with Crippen LogP contribution in [0, 0.1) is 0 Å². The van der Waals surface area contributed by atoms with Crippen LogP contribution in [0.1, 0.15) is 49.7 Å². The average molecular weight is 481 g/mol. The minimum absolute atomic E-state index is 0.0721. The number of carbonyl (C=O) groups is 3. The number of fused-ring (bicyclic) bond motifs is 3. The second-order valence-electron chi connectivity index (χ2n) is 9.02. The van der Waals surface area contributed by atoms with Gasteiger partial charge < -0.3 is 24.8 Å². The fourth-order valence-corrected chi connectivity index (χ4v) is 4.96. The molecule has 186 valence electrons. The lowest BCUT2D eigenvalue weighted by Gasteiger charge is -2.37. The molecule has 0 saturated carbocycles. The Labute approximate surface area is 205 Å². The molecule has 1 aliphatic carbocycles. The Morgan fingerprint density at radius 1 is 1.11 bits per heavy atom. The first-order chi connectivity index (χ1) is 17.0. The smallest absolute Gasteiger partial charge is 0.407 e. The van der Waals surface area contributed by atoms with Gasteiger partial charge in [0.15, 0.2) is 0 Å². The van der Waals surface area contributed by atoms with E-state index in [1.54, 1.807) is 0 Å². The van der Waals surface area contributed by atoms with Gasteiger partial charge in [0.1, 0.15) is 12.6 Å². The number of morpholine rings is 1. The maximum absolute atomic E-state index is 13.3. The molecule has 2 aromatic rings. The van der Waals surface area contributed by atoms with Crippen LogP contribution in [0.4, 0.5) is 4.79 Å². The molecule has 1 unspecified atom stereocenters. The fraction of sp³-hybridized carbons (Fsp3) is 0.444. The molecule has 0 spiro atoms. The zero-order chi connectivity index (χ0) is 24.8. The van der Waals surface area contributed by atoms with E-state index in [0.29, 0.717) is 19.6 Å². The van der Waals surface area contributed by atoms with Crippen LogP contribution >= 0.6 is 0 Å². The van der Waals surface area contributed by atoms with Crippen molar-refractivity contribution in [3.05, 3.63) is 59.7 Å². The Kier molecular flexibility index (Phi) is 8.02. The highest BCUT2D eigenvalue weighted by atomic mass is 16.5. The third-order valence-corrected chi connectivity index (χ3v) is 6.70. The van der Waals surface area contributed by atoms with E-state index in [4.69, 9.17) is 9.47 Å². The molecule has 2 N–H and O–H groups in total. The van der Waals surface area contributed by atoms with Gasteiger partial charge in [-0.15, -0.1) is 0 Å². The van der Waals surface area contributed by atoms with Crippen molar-refractivity contribution >= 4 is 18.0 Å². The van der Waals surface area contributed by atoms with Crippen LogP contribution in [-0.2, 0) is 19.1 Å². The van der Waals surface area contributed by atoms with E-state index in [-0.39, 0.29) is 31.5 Å². The number of ether oxygens (including phenoxy) is 2. The zero-order valence-electron chi connectivity index (χ0n) is 19.9. The summed E-state index contributed by atoms with van der Waals surface area (Å²) in [6.07, 6.45) is 1.21. The van der Waals surface area contributed by atoms with Crippen LogP contribution in [-0.4, -0.2) is 66.4 Å².